The lowest BCUT2D eigenvalue weighted by atomic mass is 10.1. The van der Waals surface area contributed by atoms with Crippen molar-refractivity contribution in [3.05, 3.63) is 0 Å². The molecule has 2 aliphatic rings. The third kappa shape index (κ3) is 4.38. The highest BCUT2D eigenvalue weighted by Gasteiger charge is 2.35. The van der Waals surface area contributed by atoms with E-state index < -0.39 is 21.8 Å². The van der Waals surface area contributed by atoms with Crippen LogP contribution >= 0.6 is 0 Å². The number of rotatable bonds is 5. The quantitative estimate of drug-likeness (QED) is 0.645. The number of carboxylic acid groups (broad SMARTS) is 1. The number of hydrogen-bond acceptors (Lipinski definition) is 4. The maximum atomic E-state index is 11.7. The van der Waals surface area contributed by atoms with E-state index in [-0.39, 0.29) is 35.9 Å². The molecule has 2 atom stereocenters. The van der Waals surface area contributed by atoms with E-state index in [1.165, 1.54) is 0 Å². The topological polar surface area (TPSA) is 113 Å². The Morgan fingerprint density at radius 3 is 2.42 bits per heavy atom. The summed E-state index contributed by atoms with van der Waals surface area (Å²) in [5.41, 5.74) is 0. The van der Waals surface area contributed by atoms with E-state index in [0.717, 1.165) is 12.8 Å². The lowest BCUT2D eigenvalue weighted by Gasteiger charge is -2.18. The standard InChI is InChI=1S/C11H18N2O5S/c14-10(15)5-9(7-1-2-7)13-11(16)12-8-3-4-19(17,18)6-8/h7-9H,1-6H2,(H,14,15)(H2,12,13,16). The molecule has 3 N–H and O–H groups in total. The number of sulfone groups is 1. The highest BCUT2D eigenvalue weighted by molar-refractivity contribution is 7.91. The fourth-order valence-electron chi connectivity index (χ4n) is 2.33. The molecule has 0 aromatic carbocycles. The number of carbonyl (C=O) groups excluding carboxylic acids is 1. The minimum Gasteiger partial charge on any atom is -0.481 e. The molecule has 1 aliphatic carbocycles. The third-order valence-electron chi connectivity index (χ3n) is 3.47. The van der Waals surface area contributed by atoms with Gasteiger partial charge < -0.3 is 15.7 Å². The molecule has 0 bridgehead atoms. The van der Waals surface area contributed by atoms with Crippen molar-refractivity contribution in [1.82, 2.24) is 10.6 Å². The monoisotopic (exact) mass is 290 g/mol. The minimum absolute atomic E-state index is 0.0343. The fourth-order valence-corrected chi connectivity index (χ4v) is 4.00. The molecule has 2 fully saturated rings. The van der Waals surface area contributed by atoms with Crippen molar-refractivity contribution in [2.75, 3.05) is 11.5 Å². The number of carboxylic acids is 1. The summed E-state index contributed by atoms with van der Waals surface area (Å²) in [6, 6.07) is -1.20. The minimum atomic E-state index is -3.03. The van der Waals surface area contributed by atoms with E-state index in [2.05, 4.69) is 10.6 Å². The van der Waals surface area contributed by atoms with Crippen molar-refractivity contribution in [1.29, 1.82) is 0 Å². The summed E-state index contributed by atoms with van der Waals surface area (Å²) in [4.78, 5) is 22.4. The maximum Gasteiger partial charge on any atom is 0.315 e. The summed E-state index contributed by atoms with van der Waals surface area (Å²) in [6.07, 6.45) is 2.18. The second-order valence-electron chi connectivity index (χ2n) is 5.26. The molecular weight excluding hydrogens is 272 g/mol. The van der Waals surface area contributed by atoms with Crippen LogP contribution in [0.15, 0.2) is 0 Å². The Labute approximate surface area is 111 Å². The molecule has 2 unspecified atom stereocenters. The van der Waals surface area contributed by atoms with Crippen molar-refractivity contribution < 1.29 is 23.1 Å². The Balaban J connectivity index is 1.81. The molecule has 8 heteroatoms. The molecule has 19 heavy (non-hydrogen) atoms. The zero-order valence-corrected chi connectivity index (χ0v) is 11.3. The lowest BCUT2D eigenvalue weighted by Crippen LogP contribution is -2.48. The number of amides is 2. The Kier molecular flexibility index (Phi) is 3.98. The summed E-state index contributed by atoms with van der Waals surface area (Å²) in [5.74, 6) is -0.651. The Morgan fingerprint density at radius 1 is 1.26 bits per heavy atom. The van der Waals surface area contributed by atoms with Gasteiger partial charge in [-0.1, -0.05) is 0 Å². The van der Waals surface area contributed by atoms with Gasteiger partial charge in [0.1, 0.15) is 0 Å². The van der Waals surface area contributed by atoms with Crippen LogP contribution in [0, 0.1) is 5.92 Å². The molecule has 0 spiro atoms. The van der Waals surface area contributed by atoms with Gasteiger partial charge in [0.05, 0.1) is 17.9 Å². The Morgan fingerprint density at radius 2 is 1.95 bits per heavy atom. The fraction of sp³-hybridized carbons (Fsp3) is 0.818. The van der Waals surface area contributed by atoms with Crippen LogP contribution in [0.3, 0.4) is 0 Å². The van der Waals surface area contributed by atoms with Gasteiger partial charge in [0.25, 0.3) is 0 Å². The van der Waals surface area contributed by atoms with Gasteiger partial charge in [-0.05, 0) is 25.2 Å². The summed E-state index contributed by atoms with van der Waals surface area (Å²) < 4.78 is 22.5. The van der Waals surface area contributed by atoms with Crippen LogP contribution in [0.5, 0.6) is 0 Å². The number of nitrogens with one attached hydrogen (secondary N) is 2. The molecule has 108 valence electrons. The van der Waals surface area contributed by atoms with E-state index in [0.29, 0.717) is 6.42 Å². The van der Waals surface area contributed by atoms with E-state index in [9.17, 15) is 18.0 Å². The first-order chi connectivity index (χ1) is 8.85. The third-order valence-corrected chi connectivity index (χ3v) is 5.24. The van der Waals surface area contributed by atoms with E-state index in [4.69, 9.17) is 5.11 Å². The van der Waals surface area contributed by atoms with Crippen LogP contribution < -0.4 is 10.6 Å². The van der Waals surface area contributed by atoms with Gasteiger partial charge in [0.2, 0.25) is 0 Å². The molecule has 0 aromatic heterocycles. The number of carbonyl (C=O) groups is 2. The van der Waals surface area contributed by atoms with Gasteiger partial charge in [-0.2, -0.15) is 0 Å². The first kappa shape index (κ1) is 14.1. The van der Waals surface area contributed by atoms with E-state index in [1.54, 1.807) is 0 Å². The zero-order chi connectivity index (χ0) is 14.0. The molecule has 1 saturated heterocycles. The van der Waals surface area contributed by atoms with Crippen molar-refractivity contribution in [2.45, 2.75) is 37.8 Å². The summed E-state index contributed by atoms with van der Waals surface area (Å²) in [7, 11) is -3.03. The van der Waals surface area contributed by atoms with Crippen LogP contribution in [0.4, 0.5) is 4.79 Å². The predicted octanol–water partition coefficient (Wildman–Crippen LogP) is -0.274. The smallest absolute Gasteiger partial charge is 0.315 e. The summed E-state index contributed by atoms with van der Waals surface area (Å²) in [6.45, 7) is 0. The molecule has 1 heterocycles. The van der Waals surface area contributed by atoms with Crippen LogP contribution in [-0.4, -0.2) is 49.1 Å². The van der Waals surface area contributed by atoms with Gasteiger partial charge in [-0.3, -0.25) is 4.79 Å². The van der Waals surface area contributed by atoms with Crippen molar-refractivity contribution in [3.8, 4) is 0 Å². The van der Waals surface area contributed by atoms with Crippen LogP contribution in [-0.2, 0) is 14.6 Å². The Bertz CT molecular complexity index is 471. The average molecular weight is 290 g/mol. The van der Waals surface area contributed by atoms with E-state index in [1.807, 2.05) is 0 Å². The molecule has 0 radical (unpaired) electrons. The predicted molar refractivity (Wildman–Crippen MR) is 67.5 cm³/mol. The van der Waals surface area contributed by atoms with Crippen molar-refractivity contribution in [2.24, 2.45) is 5.92 Å². The number of urea groups is 1. The van der Waals surface area contributed by atoms with Crippen molar-refractivity contribution in [3.63, 3.8) is 0 Å². The van der Waals surface area contributed by atoms with Gasteiger partial charge in [0.15, 0.2) is 9.84 Å². The molecule has 1 aliphatic heterocycles. The van der Waals surface area contributed by atoms with Gasteiger partial charge >= 0.3 is 12.0 Å². The average Bonchev–Trinajstić information content (AvgIpc) is 3.03. The zero-order valence-electron chi connectivity index (χ0n) is 10.5. The second kappa shape index (κ2) is 5.36. The molecule has 1 saturated carbocycles. The largest absolute Gasteiger partial charge is 0.481 e. The van der Waals surface area contributed by atoms with Gasteiger partial charge in [0, 0.05) is 12.1 Å². The molecule has 2 amide bonds. The van der Waals surface area contributed by atoms with Gasteiger partial charge in [-0.15, -0.1) is 0 Å². The normalized spacial score (nSPS) is 26.6. The van der Waals surface area contributed by atoms with Crippen LogP contribution in [0.1, 0.15) is 25.7 Å². The summed E-state index contributed by atoms with van der Waals surface area (Å²) in [5, 5.41) is 14.0. The highest BCUT2D eigenvalue weighted by atomic mass is 32.2. The van der Waals surface area contributed by atoms with Crippen LogP contribution in [0.2, 0.25) is 0 Å². The van der Waals surface area contributed by atoms with E-state index >= 15 is 0 Å². The molecule has 7 nitrogen and oxygen atoms in total. The summed E-state index contributed by atoms with van der Waals surface area (Å²) >= 11 is 0. The van der Waals surface area contributed by atoms with Gasteiger partial charge in [-0.25, -0.2) is 13.2 Å². The highest BCUT2D eigenvalue weighted by Crippen LogP contribution is 2.34. The van der Waals surface area contributed by atoms with Crippen LogP contribution in [0.25, 0.3) is 0 Å². The number of hydrogen-bond donors (Lipinski definition) is 3. The molecular formula is C11H18N2O5S. The number of aliphatic carboxylic acids is 1. The molecule has 0 aromatic rings. The Hall–Kier alpha value is -1.31. The molecule has 2 rings (SSSR count). The maximum absolute atomic E-state index is 11.7. The second-order valence-corrected chi connectivity index (χ2v) is 7.49. The first-order valence-electron chi connectivity index (χ1n) is 6.35. The first-order valence-corrected chi connectivity index (χ1v) is 8.17. The SMILES string of the molecule is O=C(O)CC(NC(=O)NC1CCS(=O)(=O)C1)C1CC1. The lowest BCUT2D eigenvalue weighted by molar-refractivity contribution is -0.137. The van der Waals surface area contributed by atoms with Crippen molar-refractivity contribution >= 4 is 21.8 Å².